The summed E-state index contributed by atoms with van der Waals surface area (Å²) >= 11 is 4.68. The summed E-state index contributed by atoms with van der Waals surface area (Å²) in [6.07, 6.45) is 5.45. The van der Waals surface area contributed by atoms with Gasteiger partial charge >= 0.3 is 0 Å². The zero-order valence-corrected chi connectivity index (χ0v) is 16.7. The molecule has 2 aliphatic carbocycles. The topological polar surface area (TPSA) is 54.9 Å². The summed E-state index contributed by atoms with van der Waals surface area (Å²) < 4.78 is 1.80. The zero-order valence-electron chi connectivity index (χ0n) is 14.3. The van der Waals surface area contributed by atoms with E-state index in [2.05, 4.69) is 29.0 Å². The predicted octanol–water partition coefficient (Wildman–Crippen LogP) is 4.24. The smallest absolute Gasteiger partial charge is 0.230 e. The first kappa shape index (κ1) is 18.3. The summed E-state index contributed by atoms with van der Waals surface area (Å²) in [6, 6.07) is 0.296. The number of thioether (sulfide) groups is 2. The van der Waals surface area contributed by atoms with Crippen LogP contribution in [0.2, 0.25) is 0 Å². The normalized spacial score (nSPS) is 26.5. The molecule has 1 N–H and O–H groups in total. The van der Waals surface area contributed by atoms with E-state index in [-0.39, 0.29) is 5.91 Å². The molecule has 1 amide bonds. The van der Waals surface area contributed by atoms with Crippen LogP contribution in [0.1, 0.15) is 39.5 Å². The Labute approximate surface area is 156 Å². The van der Waals surface area contributed by atoms with Gasteiger partial charge in [0.2, 0.25) is 5.91 Å². The Balaban J connectivity index is 1.40. The van der Waals surface area contributed by atoms with Gasteiger partial charge in [-0.3, -0.25) is 4.79 Å². The monoisotopic (exact) mass is 383 g/mol. The van der Waals surface area contributed by atoms with Gasteiger partial charge in [0, 0.05) is 11.8 Å². The Morgan fingerprint density at radius 3 is 2.58 bits per heavy atom. The highest BCUT2D eigenvalue weighted by Gasteiger charge is 2.42. The molecule has 7 heteroatoms. The fraction of sp³-hybridized carbons (Fsp3) is 0.706. The summed E-state index contributed by atoms with van der Waals surface area (Å²) in [7, 11) is 0. The molecule has 2 aliphatic rings. The average Bonchev–Trinajstić information content (AvgIpc) is 3.27. The van der Waals surface area contributed by atoms with Crippen molar-refractivity contribution >= 4 is 40.8 Å². The molecule has 1 aromatic rings. The van der Waals surface area contributed by atoms with Crippen molar-refractivity contribution in [1.82, 2.24) is 15.5 Å². The fourth-order valence-corrected chi connectivity index (χ4v) is 6.61. The molecule has 24 heavy (non-hydrogen) atoms. The summed E-state index contributed by atoms with van der Waals surface area (Å²) in [4.78, 5) is 12.2. The van der Waals surface area contributed by atoms with E-state index in [4.69, 9.17) is 0 Å². The molecule has 0 saturated heterocycles. The predicted molar refractivity (Wildman–Crippen MR) is 103 cm³/mol. The molecule has 132 valence electrons. The van der Waals surface area contributed by atoms with E-state index < -0.39 is 0 Å². The van der Waals surface area contributed by atoms with Crippen molar-refractivity contribution in [3.8, 4) is 0 Å². The van der Waals surface area contributed by atoms with E-state index in [1.807, 2.05) is 6.92 Å². The van der Waals surface area contributed by atoms with Gasteiger partial charge in [0.05, 0.1) is 5.75 Å². The molecule has 1 heterocycles. The lowest BCUT2D eigenvalue weighted by atomic mass is 9.84. The molecule has 2 saturated carbocycles. The molecule has 0 radical (unpaired) electrons. The number of aromatic nitrogens is 2. The second-order valence-electron chi connectivity index (χ2n) is 7.06. The number of amides is 1. The van der Waals surface area contributed by atoms with Crippen molar-refractivity contribution in [1.29, 1.82) is 0 Å². The molecule has 0 aromatic carbocycles. The Kier molecular flexibility index (Phi) is 6.27. The number of hydrogen-bond acceptors (Lipinski definition) is 6. The number of nitrogens with zero attached hydrogens (tertiary/aromatic N) is 2. The largest absolute Gasteiger partial charge is 0.353 e. The number of fused-ring (bicyclic) bond motifs is 2. The third-order valence-corrected chi connectivity index (χ3v) is 8.40. The van der Waals surface area contributed by atoms with E-state index in [1.54, 1.807) is 23.1 Å². The number of carbonyl (C=O) groups excluding carboxylic acids is 1. The first-order chi connectivity index (χ1) is 11.5. The van der Waals surface area contributed by atoms with Crippen molar-refractivity contribution in [3.05, 3.63) is 12.2 Å². The fourth-order valence-electron chi connectivity index (χ4n) is 3.93. The Hall–Kier alpha value is -0.530. The van der Waals surface area contributed by atoms with Gasteiger partial charge < -0.3 is 5.32 Å². The first-order valence-electron chi connectivity index (χ1n) is 8.54. The molecule has 4 unspecified atom stereocenters. The van der Waals surface area contributed by atoms with Crippen molar-refractivity contribution in [3.63, 3.8) is 0 Å². The lowest BCUT2D eigenvalue weighted by Crippen LogP contribution is -2.40. The van der Waals surface area contributed by atoms with Crippen LogP contribution in [0.3, 0.4) is 0 Å². The van der Waals surface area contributed by atoms with Crippen LogP contribution in [0.4, 0.5) is 0 Å². The van der Waals surface area contributed by atoms with Gasteiger partial charge in [-0.1, -0.05) is 53.4 Å². The van der Waals surface area contributed by atoms with Crippen molar-refractivity contribution < 1.29 is 4.79 Å². The van der Waals surface area contributed by atoms with Gasteiger partial charge in [-0.15, -0.1) is 10.2 Å². The summed E-state index contributed by atoms with van der Waals surface area (Å²) in [6.45, 7) is 8.07. The van der Waals surface area contributed by atoms with Crippen LogP contribution >= 0.6 is 34.9 Å². The molecule has 1 aromatic heterocycles. The number of carbonyl (C=O) groups is 1. The van der Waals surface area contributed by atoms with Crippen LogP contribution in [0.5, 0.6) is 0 Å². The maximum absolute atomic E-state index is 12.2. The zero-order chi connectivity index (χ0) is 17.1. The third-order valence-electron chi connectivity index (χ3n) is 4.98. The Morgan fingerprint density at radius 1 is 1.29 bits per heavy atom. The molecule has 4 atom stereocenters. The van der Waals surface area contributed by atoms with E-state index in [1.165, 1.54) is 37.4 Å². The molecule has 2 bridgehead atoms. The molecule has 0 aliphatic heterocycles. The highest BCUT2D eigenvalue weighted by molar-refractivity contribution is 8.03. The molecule has 2 fully saturated rings. The Bertz CT molecular complexity index is 604. The molecular weight excluding hydrogens is 358 g/mol. The number of hydrogen-bond donors (Lipinski definition) is 1. The van der Waals surface area contributed by atoms with E-state index in [9.17, 15) is 4.79 Å². The van der Waals surface area contributed by atoms with Crippen LogP contribution in [0.25, 0.3) is 0 Å². The van der Waals surface area contributed by atoms with E-state index >= 15 is 0 Å². The van der Waals surface area contributed by atoms with Crippen LogP contribution < -0.4 is 5.32 Å². The summed E-state index contributed by atoms with van der Waals surface area (Å²) in [5, 5.41) is 11.5. The maximum Gasteiger partial charge on any atom is 0.230 e. The second kappa shape index (κ2) is 8.23. The molecule has 0 spiro atoms. The maximum atomic E-state index is 12.2. The first-order valence-corrected chi connectivity index (χ1v) is 11.3. The second-order valence-corrected chi connectivity index (χ2v) is 10.5. The minimum absolute atomic E-state index is 0.113. The SMILES string of the molecule is C=C(C)CSc1nnc(SCC(=O)NC(C)C2CC3CCC2C3)s1. The van der Waals surface area contributed by atoms with Crippen molar-refractivity contribution in [2.45, 2.75) is 54.3 Å². The minimum atomic E-state index is 0.113. The minimum Gasteiger partial charge on any atom is -0.353 e. The van der Waals surface area contributed by atoms with Gasteiger partial charge in [0.25, 0.3) is 0 Å². The lowest BCUT2D eigenvalue weighted by Gasteiger charge is -2.28. The molecule has 4 nitrogen and oxygen atoms in total. The molecule has 3 rings (SSSR count). The number of rotatable bonds is 8. The van der Waals surface area contributed by atoms with Gasteiger partial charge in [0.1, 0.15) is 0 Å². The Morgan fingerprint density at radius 2 is 2.00 bits per heavy atom. The van der Waals surface area contributed by atoms with Gasteiger partial charge in [0.15, 0.2) is 8.68 Å². The summed E-state index contributed by atoms with van der Waals surface area (Å²) in [5.41, 5.74) is 1.12. The van der Waals surface area contributed by atoms with Gasteiger partial charge in [-0.2, -0.15) is 0 Å². The number of nitrogens with one attached hydrogen (secondary N) is 1. The quantitative estimate of drug-likeness (QED) is 0.537. The van der Waals surface area contributed by atoms with Crippen LogP contribution in [0.15, 0.2) is 20.8 Å². The molecular formula is C17H25N3OS3. The van der Waals surface area contributed by atoms with Crippen LogP contribution in [-0.4, -0.2) is 33.7 Å². The van der Waals surface area contributed by atoms with Crippen molar-refractivity contribution in [2.75, 3.05) is 11.5 Å². The highest BCUT2D eigenvalue weighted by atomic mass is 32.2. The summed E-state index contributed by atoms with van der Waals surface area (Å²) in [5.74, 6) is 3.84. The highest BCUT2D eigenvalue weighted by Crippen LogP contribution is 2.49. The van der Waals surface area contributed by atoms with Gasteiger partial charge in [-0.25, -0.2) is 0 Å². The standard InChI is InChI=1S/C17H25N3OS3/c1-10(2)8-22-16-19-20-17(24-16)23-9-15(21)18-11(3)14-7-12-4-5-13(14)6-12/h11-14H,1,4-9H2,2-3H3,(H,18,21). The van der Waals surface area contributed by atoms with Crippen LogP contribution in [-0.2, 0) is 4.79 Å². The average molecular weight is 384 g/mol. The van der Waals surface area contributed by atoms with Crippen molar-refractivity contribution in [2.24, 2.45) is 17.8 Å². The lowest BCUT2D eigenvalue weighted by molar-refractivity contribution is -0.119. The van der Waals surface area contributed by atoms with E-state index in [0.29, 0.717) is 17.7 Å². The van der Waals surface area contributed by atoms with Crippen LogP contribution in [0, 0.1) is 17.8 Å². The van der Waals surface area contributed by atoms with E-state index in [0.717, 1.165) is 31.8 Å². The third kappa shape index (κ3) is 4.76. The van der Waals surface area contributed by atoms with Gasteiger partial charge in [-0.05, 0) is 50.9 Å².